The fourth-order valence-corrected chi connectivity index (χ4v) is 2.76. The molecule has 0 amide bonds. The molecule has 0 aromatic carbocycles. The highest BCUT2D eigenvalue weighted by Crippen LogP contribution is 2.34. The van der Waals surface area contributed by atoms with Gasteiger partial charge in [-0.05, 0) is 27.7 Å². The maximum Gasteiger partial charge on any atom is 0.224 e. The Hall–Kier alpha value is -1.03. The van der Waals surface area contributed by atoms with Crippen molar-refractivity contribution in [2.24, 2.45) is 0 Å². The normalized spacial score (nSPS) is 18.0. The molecular weight excluding hydrogens is 224 g/mol. The summed E-state index contributed by atoms with van der Waals surface area (Å²) >= 11 is 5.92. The molecule has 0 radical (unpaired) electrons. The van der Waals surface area contributed by atoms with Gasteiger partial charge in [0.2, 0.25) is 5.62 Å². The Labute approximate surface area is 100 Å². The van der Waals surface area contributed by atoms with Crippen molar-refractivity contribution in [3.63, 3.8) is 0 Å². The molecule has 2 rings (SSSR count). The van der Waals surface area contributed by atoms with Gasteiger partial charge in [-0.25, -0.2) is 4.98 Å². The van der Waals surface area contributed by atoms with Gasteiger partial charge < -0.3 is 4.90 Å². The van der Waals surface area contributed by atoms with Gasteiger partial charge in [-0.3, -0.25) is 9.98 Å². The van der Waals surface area contributed by atoms with E-state index < -0.39 is 0 Å². The molecule has 0 spiro atoms. The van der Waals surface area contributed by atoms with Gasteiger partial charge >= 0.3 is 0 Å². The van der Waals surface area contributed by atoms with Gasteiger partial charge in [0.1, 0.15) is 11.0 Å². The monoisotopic (exact) mass is 240 g/mol. The lowest BCUT2D eigenvalue weighted by molar-refractivity contribution is 0.422. The zero-order valence-corrected chi connectivity index (χ0v) is 10.8. The van der Waals surface area contributed by atoms with Gasteiger partial charge in [0.05, 0.1) is 12.1 Å². The highest BCUT2D eigenvalue weighted by atomic mass is 35.5. The summed E-state index contributed by atoms with van der Waals surface area (Å²) in [5.41, 5.74) is 0.238. The minimum absolute atomic E-state index is 0.00330. The fourth-order valence-electron chi connectivity index (χ4n) is 2.58. The van der Waals surface area contributed by atoms with Crippen molar-refractivity contribution in [3.8, 4) is 0 Å². The van der Waals surface area contributed by atoms with Crippen LogP contribution in [0.25, 0.3) is 0 Å². The maximum absolute atomic E-state index is 7.84. The minimum atomic E-state index is 0.00330. The summed E-state index contributed by atoms with van der Waals surface area (Å²) in [6.45, 7) is 9.43. The van der Waals surface area contributed by atoms with E-state index in [1.807, 2.05) is 10.6 Å². The van der Waals surface area contributed by atoms with Crippen molar-refractivity contribution in [1.82, 2.24) is 9.55 Å². The van der Waals surface area contributed by atoms with Gasteiger partial charge in [0.15, 0.2) is 0 Å². The van der Waals surface area contributed by atoms with Crippen LogP contribution in [-0.4, -0.2) is 21.1 Å². The molecule has 0 saturated heterocycles. The first-order valence-electron chi connectivity index (χ1n) is 5.44. The van der Waals surface area contributed by atoms with E-state index in [0.29, 0.717) is 11.2 Å². The largest absolute Gasteiger partial charge is 0.348 e. The molecule has 0 fully saturated rings. The van der Waals surface area contributed by atoms with E-state index in [2.05, 4.69) is 37.6 Å². The Morgan fingerprint density at radius 1 is 1.50 bits per heavy atom. The standard InChI is InChI=1S/C11H17ClN4/c1-7(2)16-9-5-8(12)14-10(13)15(9)6-11(16,3)4/h5,7,13H,6H2,1-4H3. The molecule has 4 nitrogen and oxygen atoms in total. The molecule has 2 heterocycles. The number of fused-ring (bicyclic) bond motifs is 1. The zero-order chi connectivity index (χ0) is 12.1. The summed E-state index contributed by atoms with van der Waals surface area (Å²) in [6.07, 6.45) is 0. The molecule has 5 heteroatoms. The Balaban J connectivity index is 2.64. The third-order valence-electron chi connectivity index (χ3n) is 2.95. The summed E-state index contributed by atoms with van der Waals surface area (Å²) in [4.78, 5) is 6.26. The summed E-state index contributed by atoms with van der Waals surface area (Å²) in [5.74, 6) is 0.991. The van der Waals surface area contributed by atoms with Gasteiger partial charge in [-0.1, -0.05) is 11.6 Å². The van der Waals surface area contributed by atoms with E-state index in [-0.39, 0.29) is 11.2 Å². The van der Waals surface area contributed by atoms with Crippen molar-refractivity contribution in [1.29, 1.82) is 5.41 Å². The smallest absolute Gasteiger partial charge is 0.224 e. The zero-order valence-electron chi connectivity index (χ0n) is 10.1. The topological polar surface area (TPSA) is 44.9 Å². The molecule has 0 atom stereocenters. The number of halogens is 1. The number of rotatable bonds is 1. The molecule has 16 heavy (non-hydrogen) atoms. The van der Waals surface area contributed by atoms with Crippen LogP contribution in [-0.2, 0) is 6.54 Å². The predicted octanol–water partition coefficient (Wildman–Crippen LogP) is 2.02. The van der Waals surface area contributed by atoms with Gasteiger partial charge in [0, 0.05) is 12.1 Å². The lowest BCUT2D eigenvalue weighted by atomic mass is 10.0. The number of nitrogens with zero attached hydrogens (tertiary/aromatic N) is 3. The Morgan fingerprint density at radius 3 is 2.69 bits per heavy atom. The van der Waals surface area contributed by atoms with E-state index in [9.17, 15) is 0 Å². The fraction of sp³-hybridized carbons (Fsp3) is 0.636. The van der Waals surface area contributed by atoms with Crippen molar-refractivity contribution < 1.29 is 0 Å². The Bertz CT molecular complexity index is 475. The highest BCUT2D eigenvalue weighted by Gasteiger charge is 2.37. The first-order chi connectivity index (χ1) is 7.33. The minimum Gasteiger partial charge on any atom is -0.348 e. The highest BCUT2D eigenvalue weighted by molar-refractivity contribution is 6.29. The molecule has 1 N–H and O–H groups in total. The average Bonchev–Trinajstić information content (AvgIpc) is 2.35. The van der Waals surface area contributed by atoms with Gasteiger partial charge in [-0.2, -0.15) is 0 Å². The molecule has 1 aliphatic heterocycles. The van der Waals surface area contributed by atoms with Crippen molar-refractivity contribution in [2.45, 2.75) is 45.8 Å². The third kappa shape index (κ3) is 1.61. The van der Waals surface area contributed by atoms with E-state index in [1.54, 1.807) is 0 Å². The number of hydrogen-bond donors (Lipinski definition) is 1. The van der Waals surface area contributed by atoms with Crippen LogP contribution in [0.2, 0.25) is 5.15 Å². The van der Waals surface area contributed by atoms with Crippen LogP contribution in [0.15, 0.2) is 6.07 Å². The SMILES string of the molecule is CC(C)N1c2cc(Cl)nc(=N)n2CC1(C)C. The summed E-state index contributed by atoms with van der Waals surface area (Å²) in [7, 11) is 0. The second-order valence-electron chi connectivity index (χ2n) is 5.12. The molecule has 1 aromatic heterocycles. The first kappa shape index (κ1) is 11.5. The quantitative estimate of drug-likeness (QED) is 0.764. The van der Waals surface area contributed by atoms with Crippen LogP contribution in [0, 0.1) is 5.41 Å². The van der Waals surface area contributed by atoms with Crippen LogP contribution in [0.3, 0.4) is 0 Å². The van der Waals surface area contributed by atoms with Crippen molar-refractivity contribution in [2.75, 3.05) is 4.90 Å². The average molecular weight is 241 g/mol. The number of nitrogens with one attached hydrogen (secondary N) is 1. The first-order valence-corrected chi connectivity index (χ1v) is 5.82. The summed E-state index contributed by atoms with van der Waals surface area (Å²) < 4.78 is 1.91. The Morgan fingerprint density at radius 2 is 2.12 bits per heavy atom. The third-order valence-corrected chi connectivity index (χ3v) is 3.15. The van der Waals surface area contributed by atoms with Gasteiger partial charge in [0.25, 0.3) is 0 Å². The summed E-state index contributed by atoms with van der Waals surface area (Å²) in [6, 6.07) is 2.22. The van der Waals surface area contributed by atoms with Crippen molar-refractivity contribution >= 4 is 17.4 Å². The van der Waals surface area contributed by atoms with Crippen LogP contribution in [0.4, 0.5) is 5.82 Å². The molecule has 1 aliphatic rings. The molecule has 0 aliphatic carbocycles. The molecular formula is C11H17ClN4. The lowest BCUT2D eigenvalue weighted by Gasteiger charge is -2.36. The molecule has 1 aromatic rings. The van der Waals surface area contributed by atoms with E-state index in [1.165, 1.54) is 0 Å². The summed E-state index contributed by atoms with van der Waals surface area (Å²) in [5, 5.41) is 8.23. The van der Waals surface area contributed by atoms with Gasteiger partial charge in [-0.15, -0.1) is 0 Å². The second-order valence-corrected chi connectivity index (χ2v) is 5.51. The van der Waals surface area contributed by atoms with E-state index in [0.717, 1.165) is 12.4 Å². The van der Waals surface area contributed by atoms with E-state index >= 15 is 0 Å². The van der Waals surface area contributed by atoms with Crippen LogP contribution in [0.1, 0.15) is 27.7 Å². The van der Waals surface area contributed by atoms with Crippen molar-refractivity contribution in [3.05, 3.63) is 16.8 Å². The molecule has 0 saturated carbocycles. The molecule has 0 bridgehead atoms. The predicted molar refractivity (Wildman–Crippen MR) is 64.8 cm³/mol. The maximum atomic E-state index is 7.84. The number of anilines is 1. The molecule has 88 valence electrons. The van der Waals surface area contributed by atoms with E-state index in [4.69, 9.17) is 17.0 Å². The number of aromatic nitrogens is 2. The van der Waals surface area contributed by atoms with Crippen LogP contribution >= 0.6 is 11.6 Å². The molecule has 0 unspecified atom stereocenters. The second kappa shape index (κ2) is 3.48. The van der Waals surface area contributed by atoms with Crippen LogP contribution in [0.5, 0.6) is 0 Å². The van der Waals surface area contributed by atoms with Crippen LogP contribution < -0.4 is 10.5 Å². The Kier molecular flexibility index (Phi) is 2.49. The number of hydrogen-bond acceptors (Lipinski definition) is 3. The lowest BCUT2D eigenvalue weighted by Crippen LogP contribution is -2.45.